The number of aryl methyl sites for hydroxylation is 1. The van der Waals surface area contributed by atoms with E-state index in [1.54, 1.807) is 12.3 Å². The number of pyridine rings is 1. The van der Waals surface area contributed by atoms with Crippen LogP contribution in [0.25, 0.3) is 0 Å². The maximum atomic E-state index is 12.2. The Balaban J connectivity index is 1.60. The number of nitrogens with one attached hydrogen (secondary N) is 2. The van der Waals surface area contributed by atoms with Crippen molar-refractivity contribution >= 4 is 28.9 Å². The monoisotopic (exact) mass is 351 g/mol. The Labute approximate surface area is 151 Å². The van der Waals surface area contributed by atoms with E-state index in [1.165, 1.54) is 5.56 Å². The van der Waals surface area contributed by atoms with E-state index >= 15 is 0 Å². The molecule has 0 aliphatic heterocycles. The quantitative estimate of drug-likeness (QED) is 0.699. The van der Waals surface area contributed by atoms with E-state index in [2.05, 4.69) is 15.6 Å². The Bertz CT molecular complexity index is 878. The number of nitrogens with zero attached hydrogens (tertiary/aromatic N) is 1. The number of rotatable bonds is 5. The van der Waals surface area contributed by atoms with Gasteiger partial charge < -0.3 is 10.6 Å². The molecular formula is C20H18ClN3O. The number of anilines is 2. The van der Waals surface area contributed by atoms with Gasteiger partial charge >= 0.3 is 0 Å². The third-order valence-corrected chi connectivity index (χ3v) is 3.88. The summed E-state index contributed by atoms with van der Waals surface area (Å²) in [5.74, 6) is -0.198. The van der Waals surface area contributed by atoms with Crippen molar-refractivity contribution in [3.63, 3.8) is 0 Å². The summed E-state index contributed by atoms with van der Waals surface area (Å²) in [6, 6.07) is 19.0. The largest absolute Gasteiger partial charge is 0.354 e. The van der Waals surface area contributed by atoms with Crippen molar-refractivity contribution in [2.24, 2.45) is 0 Å². The lowest BCUT2D eigenvalue weighted by atomic mass is 10.1. The molecule has 3 rings (SSSR count). The molecule has 0 bridgehead atoms. The standard InChI is InChI=1S/C20H18ClN3O/c1-14-4-2-5-15(10-14)12-23-20(25)19-9-8-18(13-22-19)24-17-7-3-6-16(21)11-17/h2-11,13,24H,12H2,1H3,(H,23,25). The molecule has 2 aromatic carbocycles. The summed E-state index contributed by atoms with van der Waals surface area (Å²) in [6.07, 6.45) is 1.63. The van der Waals surface area contributed by atoms with Crippen LogP contribution in [0.2, 0.25) is 5.02 Å². The smallest absolute Gasteiger partial charge is 0.270 e. The number of aromatic nitrogens is 1. The molecule has 0 saturated heterocycles. The molecule has 0 spiro atoms. The molecule has 1 heterocycles. The highest BCUT2D eigenvalue weighted by Gasteiger charge is 2.07. The third-order valence-electron chi connectivity index (χ3n) is 3.64. The number of hydrogen-bond acceptors (Lipinski definition) is 3. The van der Waals surface area contributed by atoms with Gasteiger partial charge in [0.1, 0.15) is 5.69 Å². The summed E-state index contributed by atoms with van der Waals surface area (Å²) in [7, 11) is 0. The highest BCUT2D eigenvalue weighted by molar-refractivity contribution is 6.30. The number of carbonyl (C=O) groups excluding carboxylic acids is 1. The molecule has 4 nitrogen and oxygen atoms in total. The van der Waals surface area contributed by atoms with Crippen LogP contribution in [0.3, 0.4) is 0 Å². The van der Waals surface area contributed by atoms with Crippen LogP contribution in [0.5, 0.6) is 0 Å². The molecule has 0 saturated carbocycles. The zero-order valence-electron chi connectivity index (χ0n) is 13.8. The minimum Gasteiger partial charge on any atom is -0.354 e. The third kappa shape index (κ3) is 4.81. The Kier molecular flexibility index (Phi) is 5.31. The summed E-state index contributed by atoms with van der Waals surface area (Å²) in [5, 5.41) is 6.73. The number of benzene rings is 2. The van der Waals surface area contributed by atoms with Gasteiger partial charge in [-0.2, -0.15) is 0 Å². The summed E-state index contributed by atoms with van der Waals surface area (Å²) >= 11 is 5.96. The van der Waals surface area contributed by atoms with Gasteiger partial charge in [0.15, 0.2) is 0 Å². The first-order valence-electron chi connectivity index (χ1n) is 7.92. The maximum Gasteiger partial charge on any atom is 0.270 e. The second-order valence-electron chi connectivity index (χ2n) is 5.74. The van der Waals surface area contributed by atoms with Gasteiger partial charge in [-0.25, -0.2) is 4.98 Å². The van der Waals surface area contributed by atoms with Crippen molar-refractivity contribution in [3.8, 4) is 0 Å². The molecule has 0 radical (unpaired) electrons. The minimum atomic E-state index is -0.198. The molecule has 0 unspecified atom stereocenters. The van der Waals surface area contributed by atoms with E-state index in [1.807, 2.05) is 61.5 Å². The van der Waals surface area contributed by atoms with E-state index in [4.69, 9.17) is 11.6 Å². The van der Waals surface area contributed by atoms with Crippen LogP contribution in [0.1, 0.15) is 21.6 Å². The summed E-state index contributed by atoms with van der Waals surface area (Å²) in [4.78, 5) is 16.4. The maximum absolute atomic E-state index is 12.2. The van der Waals surface area contributed by atoms with Gasteiger partial charge in [0.05, 0.1) is 11.9 Å². The molecule has 0 aliphatic rings. The Hall–Kier alpha value is -2.85. The molecule has 2 N–H and O–H groups in total. The van der Waals surface area contributed by atoms with Crippen molar-refractivity contribution in [2.45, 2.75) is 13.5 Å². The van der Waals surface area contributed by atoms with Gasteiger partial charge in [-0.15, -0.1) is 0 Å². The number of amides is 1. The molecule has 25 heavy (non-hydrogen) atoms. The first-order chi connectivity index (χ1) is 12.1. The second kappa shape index (κ2) is 7.81. The first kappa shape index (κ1) is 17.0. The average Bonchev–Trinajstić information content (AvgIpc) is 2.60. The average molecular weight is 352 g/mol. The highest BCUT2D eigenvalue weighted by atomic mass is 35.5. The van der Waals surface area contributed by atoms with Crippen molar-refractivity contribution in [1.82, 2.24) is 10.3 Å². The van der Waals surface area contributed by atoms with E-state index < -0.39 is 0 Å². The SMILES string of the molecule is Cc1cccc(CNC(=O)c2ccc(Nc3cccc(Cl)c3)cn2)c1. The zero-order chi connectivity index (χ0) is 17.6. The van der Waals surface area contributed by atoms with Crippen LogP contribution >= 0.6 is 11.6 Å². The van der Waals surface area contributed by atoms with E-state index in [0.717, 1.165) is 16.9 Å². The van der Waals surface area contributed by atoms with Crippen molar-refractivity contribution in [3.05, 3.63) is 88.7 Å². The normalized spacial score (nSPS) is 10.3. The lowest BCUT2D eigenvalue weighted by Gasteiger charge is -2.08. The summed E-state index contributed by atoms with van der Waals surface area (Å²) < 4.78 is 0. The van der Waals surface area contributed by atoms with Gasteiger partial charge in [-0.3, -0.25) is 4.79 Å². The van der Waals surface area contributed by atoms with Crippen molar-refractivity contribution < 1.29 is 4.79 Å². The molecule has 1 aromatic heterocycles. The summed E-state index contributed by atoms with van der Waals surface area (Å²) in [6.45, 7) is 2.50. The van der Waals surface area contributed by atoms with E-state index in [0.29, 0.717) is 17.3 Å². The van der Waals surface area contributed by atoms with Crippen molar-refractivity contribution in [2.75, 3.05) is 5.32 Å². The lowest BCUT2D eigenvalue weighted by Crippen LogP contribution is -2.23. The van der Waals surface area contributed by atoms with Gasteiger partial charge in [0.2, 0.25) is 0 Å². The topological polar surface area (TPSA) is 54.0 Å². The Morgan fingerprint density at radius 3 is 2.60 bits per heavy atom. The Morgan fingerprint density at radius 2 is 1.88 bits per heavy atom. The molecule has 0 fully saturated rings. The van der Waals surface area contributed by atoms with Gasteiger partial charge in [0.25, 0.3) is 5.91 Å². The number of carbonyl (C=O) groups is 1. The molecule has 126 valence electrons. The molecule has 5 heteroatoms. The molecular weight excluding hydrogens is 334 g/mol. The molecule has 0 atom stereocenters. The van der Waals surface area contributed by atoms with Crippen LogP contribution in [-0.2, 0) is 6.54 Å². The van der Waals surface area contributed by atoms with Gasteiger partial charge in [0, 0.05) is 17.3 Å². The van der Waals surface area contributed by atoms with Crippen LogP contribution in [0, 0.1) is 6.92 Å². The summed E-state index contributed by atoms with van der Waals surface area (Å²) in [5.41, 5.74) is 4.27. The molecule has 3 aromatic rings. The molecule has 1 amide bonds. The lowest BCUT2D eigenvalue weighted by molar-refractivity contribution is 0.0946. The van der Waals surface area contributed by atoms with Crippen LogP contribution in [-0.4, -0.2) is 10.9 Å². The number of halogens is 1. The van der Waals surface area contributed by atoms with E-state index in [9.17, 15) is 4.79 Å². The Morgan fingerprint density at radius 1 is 1.04 bits per heavy atom. The van der Waals surface area contributed by atoms with Gasteiger partial charge in [-0.1, -0.05) is 47.5 Å². The molecule has 0 aliphatic carbocycles. The van der Waals surface area contributed by atoms with Crippen molar-refractivity contribution in [1.29, 1.82) is 0 Å². The fourth-order valence-corrected chi connectivity index (χ4v) is 2.62. The second-order valence-corrected chi connectivity index (χ2v) is 6.18. The first-order valence-corrected chi connectivity index (χ1v) is 8.30. The van der Waals surface area contributed by atoms with Gasteiger partial charge in [-0.05, 0) is 42.8 Å². The number of hydrogen-bond donors (Lipinski definition) is 2. The fraction of sp³-hybridized carbons (Fsp3) is 0.100. The fourth-order valence-electron chi connectivity index (χ4n) is 2.43. The van der Waals surface area contributed by atoms with Crippen LogP contribution in [0.4, 0.5) is 11.4 Å². The zero-order valence-corrected chi connectivity index (χ0v) is 14.5. The van der Waals surface area contributed by atoms with Crippen LogP contribution < -0.4 is 10.6 Å². The minimum absolute atomic E-state index is 0.198. The van der Waals surface area contributed by atoms with E-state index in [-0.39, 0.29) is 5.91 Å². The predicted octanol–water partition coefficient (Wildman–Crippen LogP) is 4.72. The highest BCUT2D eigenvalue weighted by Crippen LogP contribution is 2.19. The van der Waals surface area contributed by atoms with Crippen LogP contribution in [0.15, 0.2) is 66.9 Å². The predicted molar refractivity (Wildman–Crippen MR) is 101 cm³/mol.